The summed E-state index contributed by atoms with van der Waals surface area (Å²) in [4.78, 5) is 32.5. The molecular formula is C12H19N6Na2O5P. The molecule has 0 aliphatic rings. The SMILES string of the molecule is C[C@H](Cn1cnc2c(N)ncnc21)OCP(=O)(O)N[C@@H](C)C(=O)O.[Na].[Na]. The fourth-order valence-corrected chi connectivity index (χ4v) is 3.23. The van der Waals surface area contributed by atoms with Crippen LogP contribution in [-0.2, 0) is 20.6 Å². The molecule has 0 fully saturated rings. The summed E-state index contributed by atoms with van der Waals surface area (Å²) in [6, 6.07) is -1.16. The van der Waals surface area contributed by atoms with Crippen molar-refractivity contribution in [3.05, 3.63) is 12.7 Å². The second kappa shape index (κ2) is 11.1. The third-order valence-electron chi connectivity index (χ3n) is 3.18. The van der Waals surface area contributed by atoms with Crippen molar-refractivity contribution in [1.82, 2.24) is 24.6 Å². The van der Waals surface area contributed by atoms with Crippen molar-refractivity contribution in [3.8, 4) is 0 Å². The number of hydrogen-bond acceptors (Lipinski definition) is 7. The first-order valence-corrected chi connectivity index (χ1v) is 8.89. The third kappa shape index (κ3) is 7.16. The summed E-state index contributed by atoms with van der Waals surface area (Å²) in [6.45, 7) is 3.30. The van der Waals surface area contributed by atoms with Crippen LogP contribution in [0.2, 0.25) is 0 Å². The van der Waals surface area contributed by atoms with Crippen molar-refractivity contribution in [3.63, 3.8) is 0 Å². The molecule has 0 amide bonds. The van der Waals surface area contributed by atoms with Gasteiger partial charge in [-0.15, -0.1) is 0 Å². The number of nitrogens with one attached hydrogen (secondary N) is 1. The molecule has 0 spiro atoms. The number of nitrogens with two attached hydrogens (primary N) is 1. The van der Waals surface area contributed by atoms with Crippen LogP contribution in [0.25, 0.3) is 11.2 Å². The van der Waals surface area contributed by atoms with Gasteiger partial charge >= 0.3 is 5.97 Å². The zero-order chi connectivity index (χ0) is 17.9. The molecule has 134 valence electrons. The molecule has 0 aliphatic carbocycles. The Bertz CT molecular complexity index is 791. The molecule has 1 unspecified atom stereocenters. The van der Waals surface area contributed by atoms with Crippen molar-refractivity contribution < 1.29 is 24.1 Å². The first-order chi connectivity index (χ1) is 11.2. The van der Waals surface area contributed by atoms with Crippen LogP contribution >= 0.6 is 7.52 Å². The monoisotopic (exact) mass is 404 g/mol. The van der Waals surface area contributed by atoms with Crippen molar-refractivity contribution in [2.45, 2.75) is 32.5 Å². The fourth-order valence-electron chi connectivity index (χ4n) is 1.99. The van der Waals surface area contributed by atoms with Gasteiger partial charge in [-0.1, -0.05) is 0 Å². The van der Waals surface area contributed by atoms with Crippen LogP contribution < -0.4 is 10.8 Å². The molecular weight excluding hydrogens is 385 g/mol. The van der Waals surface area contributed by atoms with Gasteiger partial charge in [-0.05, 0) is 13.8 Å². The molecule has 5 N–H and O–H groups in total. The topological polar surface area (TPSA) is 165 Å². The Morgan fingerprint density at radius 3 is 2.65 bits per heavy atom. The molecule has 0 saturated carbocycles. The molecule has 11 nitrogen and oxygen atoms in total. The van der Waals surface area contributed by atoms with Gasteiger partial charge in [0.25, 0.3) is 7.52 Å². The minimum atomic E-state index is -3.93. The molecule has 3 atom stereocenters. The van der Waals surface area contributed by atoms with E-state index in [9.17, 15) is 14.3 Å². The number of carbonyl (C=O) groups is 1. The van der Waals surface area contributed by atoms with E-state index in [1.54, 1.807) is 11.5 Å². The minimum absolute atomic E-state index is 0. The van der Waals surface area contributed by atoms with E-state index in [4.69, 9.17) is 15.6 Å². The largest absolute Gasteiger partial charge is 0.480 e. The number of carboxylic acids is 1. The van der Waals surface area contributed by atoms with E-state index in [1.165, 1.54) is 19.6 Å². The Balaban J connectivity index is 0.00000312. The molecule has 2 heterocycles. The van der Waals surface area contributed by atoms with Crippen molar-refractivity contribution in [2.24, 2.45) is 0 Å². The van der Waals surface area contributed by atoms with Crippen molar-refractivity contribution >= 4 is 89.6 Å². The second-order valence-electron chi connectivity index (χ2n) is 5.33. The number of rotatable bonds is 8. The average molecular weight is 404 g/mol. The Labute approximate surface area is 194 Å². The van der Waals surface area contributed by atoms with Gasteiger partial charge in [0.2, 0.25) is 0 Å². The molecule has 0 aliphatic heterocycles. The van der Waals surface area contributed by atoms with Gasteiger partial charge in [0, 0.05) is 59.1 Å². The summed E-state index contributed by atoms with van der Waals surface area (Å²) in [7, 11) is -3.93. The van der Waals surface area contributed by atoms with Crippen molar-refractivity contribution in [2.75, 3.05) is 12.1 Å². The number of ether oxygens (including phenoxy) is 1. The van der Waals surface area contributed by atoms with Crippen LogP contribution in [0.1, 0.15) is 13.8 Å². The number of anilines is 1. The van der Waals surface area contributed by atoms with E-state index in [0.717, 1.165) is 0 Å². The standard InChI is InChI=1S/C12H19N6O5P.2Na/c1-7(23-6-24(21,22)17-8(2)12(19)20)3-18-5-16-9-10(13)14-4-15-11(9)18;;/h4-5,7-8H,3,6H2,1-2H3,(H,19,20)(H2,13,14,15)(H2,17,21,22);;/t7-,8+;;/m1../s1. The first kappa shape index (κ1) is 25.9. The molecule has 0 aromatic carbocycles. The summed E-state index contributed by atoms with van der Waals surface area (Å²) in [5.41, 5.74) is 6.70. The number of nitrogen functional groups attached to an aromatic ring is 1. The van der Waals surface area contributed by atoms with Gasteiger partial charge in [-0.25, -0.2) is 20.0 Å². The Morgan fingerprint density at radius 2 is 2.04 bits per heavy atom. The number of hydrogen-bond donors (Lipinski definition) is 4. The quantitative estimate of drug-likeness (QED) is 0.325. The minimum Gasteiger partial charge on any atom is -0.480 e. The molecule has 2 aromatic rings. The number of aliphatic carboxylic acids is 1. The van der Waals surface area contributed by atoms with Gasteiger partial charge in [-0.3, -0.25) is 9.36 Å². The maximum absolute atomic E-state index is 11.9. The number of imidazole rings is 1. The zero-order valence-corrected chi connectivity index (χ0v) is 20.1. The van der Waals surface area contributed by atoms with E-state index in [-0.39, 0.29) is 64.9 Å². The normalized spacial score (nSPS) is 15.3. The van der Waals surface area contributed by atoms with Crippen LogP contribution in [0.3, 0.4) is 0 Å². The van der Waals surface area contributed by atoms with Gasteiger partial charge in [0.05, 0.1) is 19.0 Å². The third-order valence-corrected chi connectivity index (χ3v) is 4.47. The van der Waals surface area contributed by atoms with E-state index in [1.807, 2.05) is 0 Å². The van der Waals surface area contributed by atoms with E-state index in [2.05, 4.69) is 20.0 Å². The predicted octanol–water partition coefficient (Wildman–Crippen LogP) is -0.742. The molecule has 14 heteroatoms. The average Bonchev–Trinajstić information content (AvgIpc) is 2.89. The van der Waals surface area contributed by atoms with Gasteiger partial charge in [-0.2, -0.15) is 0 Å². The molecule has 0 saturated heterocycles. The second-order valence-corrected chi connectivity index (χ2v) is 7.24. The summed E-state index contributed by atoms with van der Waals surface area (Å²) >= 11 is 0. The Hall–Kier alpha value is -0.0700. The Morgan fingerprint density at radius 1 is 1.38 bits per heavy atom. The summed E-state index contributed by atoms with van der Waals surface area (Å²) in [6.07, 6.45) is 1.88. The maximum atomic E-state index is 11.9. The summed E-state index contributed by atoms with van der Waals surface area (Å²) < 4.78 is 18.9. The number of aromatic nitrogens is 4. The van der Waals surface area contributed by atoms with E-state index < -0.39 is 32.0 Å². The van der Waals surface area contributed by atoms with Gasteiger partial charge < -0.3 is 25.0 Å². The fraction of sp³-hybridized carbons (Fsp3) is 0.500. The molecule has 26 heavy (non-hydrogen) atoms. The predicted molar refractivity (Wildman–Crippen MR) is 96.7 cm³/mol. The van der Waals surface area contributed by atoms with Gasteiger partial charge in [0.1, 0.15) is 24.2 Å². The molecule has 2 rings (SSSR count). The number of carboxylic acid groups (broad SMARTS) is 1. The number of nitrogens with zero attached hydrogens (tertiary/aromatic N) is 4. The molecule has 2 radical (unpaired) electrons. The van der Waals surface area contributed by atoms with E-state index >= 15 is 0 Å². The molecule has 0 bridgehead atoms. The summed E-state index contributed by atoms with van der Waals surface area (Å²) in [5.74, 6) is -0.960. The maximum Gasteiger partial charge on any atom is 0.320 e. The van der Waals surface area contributed by atoms with Crippen LogP contribution in [-0.4, -0.2) is 113 Å². The zero-order valence-electron chi connectivity index (χ0n) is 15.2. The van der Waals surface area contributed by atoms with Crippen LogP contribution in [0.5, 0.6) is 0 Å². The van der Waals surface area contributed by atoms with Crippen LogP contribution in [0.15, 0.2) is 12.7 Å². The summed E-state index contributed by atoms with van der Waals surface area (Å²) in [5, 5.41) is 10.9. The van der Waals surface area contributed by atoms with Gasteiger partial charge in [0.15, 0.2) is 11.5 Å². The molecule has 2 aromatic heterocycles. The smallest absolute Gasteiger partial charge is 0.320 e. The first-order valence-electron chi connectivity index (χ1n) is 7.05. The Kier molecular flexibility index (Phi) is 11.0. The van der Waals surface area contributed by atoms with Crippen LogP contribution in [0.4, 0.5) is 5.82 Å². The number of fused-ring (bicyclic) bond motifs is 1. The van der Waals surface area contributed by atoms with Crippen molar-refractivity contribution in [1.29, 1.82) is 0 Å². The van der Waals surface area contributed by atoms with E-state index in [0.29, 0.717) is 17.7 Å². The van der Waals surface area contributed by atoms with Crippen LogP contribution in [0, 0.1) is 0 Å².